The fourth-order valence-electron chi connectivity index (χ4n) is 2.49. The molecule has 0 bridgehead atoms. The fourth-order valence-corrected chi connectivity index (χ4v) is 3.76. The van der Waals surface area contributed by atoms with Crippen molar-refractivity contribution in [2.24, 2.45) is 5.14 Å². The quantitative estimate of drug-likeness (QED) is 0.381. The molecule has 0 aromatic heterocycles. The molecule has 12 heteroatoms. The number of aryl methyl sites for hydroxylation is 1. The van der Waals surface area contributed by atoms with Crippen LogP contribution in [0.25, 0.3) is 6.08 Å². The molecule has 0 saturated carbocycles. The highest BCUT2D eigenvalue weighted by atomic mass is 32.2. The molecule has 0 aliphatic heterocycles. The summed E-state index contributed by atoms with van der Waals surface area (Å²) in [6, 6.07) is 13.1. The van der Waals surface area contributed by atoms with Crippen molar-refractivity contribution >= 4 is 38.0 Å². The average Bonchev–Trinajstić information content (AvgIpc) is 2.76. The summed E-state index contributed by atoms with van der Waals surface area (Å²) in [5.74, 6) is -1.47. The van der Waals surface area contributed by atoms with Gasteiger partial charge < -0.3 is 10.1 Å². The van der Waals surface area contributed by atoms with Gasteiger partial charge in [0.05, 0.1) is 4.90 Å². The lowest BCUT2D eigenvalue weighted by atomic mass is 10.1. The van der Waals surface area contributed by atoms with E-state index in [4.69, 9.17) is 9.88 Å². The number of esters is 1. The van der Waals surface area contributed by atoms with Gasteiger partial charge in [-0.05, 0) is 42.7 Å². The number of primary sulfonamides is 1. The molecule has 2 rings (SSSR count). The molecule has 0 atom stereocenters. The Morgan fingerprint density at radius 1 is 1.00 bits per heavy atom. The number of amides is 1. The first kappa shape index (κ1) is 26.2. The molecular formula is C21H25N3O7S2. The second-order valence-electron chi connectivity index (χ2n) is 7.03. The Bertz CT molecular complexity index is 1210. The van der Waals surface area contributed by atoms with E-state index in [1.807, 2.05) is 19.1 Å². The van der Waals surface area contributed by atoms with Gasteiger partial charge in [0, 0.05) is 12.0 Å². The minimum absolute atomic E-state index is 0.0107. The summed E-state index contributed by atoms with van der Waals surface area (Å²) < 4.78 is 53.1. The van der Waals surface area contributed by atoms with Crippen LogP contribution >= 0.6 is 0 Å². The summed E-state index contributed by atoms with van der Waals surface area (Å²) in [6.45, 7) is 0.949. The second kappa shape index (κ2) is 11.7. The summed E-state index contributed by atoms with van der Waals surface area (Å²) >= 11 is 0. The Labute approximate surface area is 192 Å². The summed E-state index contributed by atoms with van der Waals surface area (Å²) in [4.78, 5) is 23.5. The largest absolute Gasteiger partial charge is 0.455 e. The van der Waals surface area contributed by atoms with Crippen molar-refractivity contribution in [3.05, 3.63) is 70.6 Å². The maximum absolute atomic E-state index is 11.9. The predicted molar refractivity (Wildman–Crippen MR) is 123 cm³/mol. The maximum atomic E-state index is 11.9. The van der Waals surface area contributed by atoms with E-state index < -0.39 is 45.1 Å². The topological polar surface area (TPSA) is 162 Å². The van der Waals surface area contributed by atoms with E-state index in [0.717, 1.165) is 16.5 Å². The Morgan fingerprint density at radius 2 is 1.64 bits per heavy atom. The lowest BCUT2D eigenvalue weighted by Gasteiger charge is -2.07. The molecular weight excluding hydrogens is 470 g/mol. The van der Waals surface area contributed by atoms with Crippen LogP contribution in [-0.4, -0.2) is 48.4 Å². The first-order chi connectivity index (χ1) is 15.4. The zero-order valence-corrected chi connectivity index (χ0v) is 19.5. The van der Waals surface area contributed by atoms with Gasteiger partial charge in [0.25, 0.3) is 5.91 Å². The number of carbonyl (C=O) groups excluding carboxylic acids is 2. The normalized spacial score (nSPS) is 11.9. The van der Waals surface area contributed by atoms with Gasteiger partial charge in [0.15, 0.2) is 6.61 Å². The van der Waals surface area contributed by atoms with Crippen LogP contribution < -0.4 is 15.2 Å². The molecule has 0 unspecified atom stereocenters. The number of carbonyl (C=O) groups is 2. The Morgan fingerprint density at radius 3 is 2.24 bits per heavy atom. The third-order valence-corrected chi connectivity index (χ3v) is 6.26. The Balaban J connectivity index is 1.68. The monoisotopic (exact) mass is 495 g/mol. The van der Waals surface area contributed by atoms with Gasteiger partial charge in [0.1, 0.15) is 6.54 Å². The van der Waals surface area contributed by atoms with Gasteiger partial charge >= 0.3 is 5.97 Å². The molecule has 0 saturated heterocycles. The van der Waals surface area contributed by atoms with Gasteiger partial charge in [-0.15, -0.1) is 0 Å². The Kier molecular flexibility index (Phi) is 9.29. The third kappa shape index (κ3) is 9.95. The second-order valence-corrected chi connectivity index (χ2v) is 10.2. The molecule has 0 heterocycles. The van der Waals surface area contributed by atoms with E-state index in [1.54, 1.807) is 24.3 Å². The molecule has 4 N–H and O–H groups in total. The summed E-state index contributed by atoms with van der Waals surface area (Å²) in [7, 11) is -7.62. The van der Waals surface area contributed by atoms with E-state index in [2.05, 4.69) is 10.0 Å². The van der Waals surface area contributed by atoms with Crippen LogP contribution in [0.1, 0.15) is 16.7 Å². The molecule has 1 amide bonds. The lowest BCUT2D eigenvalue weighted by Crippen LogP contribution is -2.34. The Hall–Kier alpha value is -3.06. The number of nitrogens with two attached hydrogens (primary N) is 1. The zero-order chi connectivity index (χ0) is 24.5. The van der Waals surface area contributed by atoms with Gasteiger partial charge in [-0.1, -0.05) is 42.0 Å². The van der Waals surface area contributed by atoms with Crippen molar-refractivity contribution in [1.29, 1.82) is 0 Å². The summed E-state index contributed by atoms with van der Waals surface area (Å²) in [5.41, 5.74) is 2.50. The highest BCUT2D eigenvalue weighted by Crippen LogP contribution is 2.09. The van der Waals surface area contributed by atoms with Crippen molar-refractivity contribution in [1.82, 2.24) is 10.0 Å². The van der Waals surface area contributed by atoms with Crippen molar-refractivity contribution in [3.63, 3.8) is 0 Å². The zero-order valence-electron chi connectivity index (χ0n) is 17.9. The third-order valence-electron chi connectivity index (χ3n) is 4.29. The van der Waals surface area contributed by atoms with Gasteiger partial charge in [-0.3, -0.25) is 9.59 Å². The van der Waals surface area contributed by atoms with E-state index in [0.29, 0.717) is 12.0 Å². The SMILES string of the molecule is Cc1ccc(/C=C/S(=O)(=O)NCC(=O)OCC(=O)NCCc2ccc(S(N)(=O)=O)cc2)cc1. The molecule has 0 aliphatic rings. The van der Waals surface area contributed by atoms with Crippen LogP contribution in [0.3, 0.4) is 0 Å². The van der Waals surface area contributed by atoms with Gasteiger partial charge in [-0.2, -0.15) is 0 Å². The average molecular weight is 496 g/mol. The lowest BCUT2D eigenvalue weighted by molar-refractivity contribution is -0.147. The van der Waals surface area contributed by atoms with E-state index in [1.165, 1.54) is 18.2 Å². The number of hydrogen-bond acceptors (Lipinski definition) is 7. The first-order valence-electron chi connectivity index (χ1n) is 9.73. The number of sulfonamides is 2. The van der Waals surface area contributed by atoms with Crippen LogP contribution in [0.2, 0.25) is 0 Å². The molecule has 0 spiro atoms. The molecule has 10 nitrogen and oxygen atoms in total. The van der Waals surface area contributed by atoms with Crippen LogP contribution in [0, 0.1) is 6.92 Å². The first-order valence-corrected chi connectivity index (χ1v) is 12.8. The standard InChI is InChI=1S/C21H25N3O7S2/c1-16-2-4-18(5-3-16)11-13-32(27,28)24-14-21(26)31-15-20(25)23-12-10-17-6-8-19(9-7-17)33(22,29)30/h2-9,11,13,24H,10,12,14-15H2,1H3,(H,23,25)(H2,22,29,30)/b13-11+. The van der Waals surface area contributed by atoms with Crippen molar-refractivity contribution in [2.45, 2.75) is 18.2 Å². The molecule has 0 fully saturated rings. The van der Waals surface area contributed by atoms with Crippen molar-refractivity contribution < 1.29 is 31.2 Å². The molecule has 0 aliphatic carbocycles. The number of ether oxygens (including phenoxy) is 1. The minimum Gasteiger partial charge on any atom is -0.455 e. The van der Waals surface area contributed by atoms with Crippen LogP contribution in [0.4, 0.5) is 0 Å². The summed E-state index contributed by atoms with van der Waals surface area (Å²) in [6.07, 6.45) is 1.81. The van der Waals surface area contributed by atoms with E-state index in [9.17, 15) is 26.4 Å². The summed E-state index contributed by atoms with van der Waals surface area (Å²) in [5, 5.41) is 8.50. The molecule has 2 aromatic rings. The fraction of sp³-hybridized carbons (Fsp3) is 0.238. The molecule has 33 heavy (non-hydrogen) atoms. The number of rotatable bonds is 11. The number of hydrogen-bond donors (Lipinski definition) is 3. The van der Waals surface area contributed by atoms with Crippen molar-refractivity contribution in [2.75, 3.05) is 19.7 Å². The van der Waals surface area contributed by atoms with Gasteiger partial charge in [-0.25, -0.2) is 26.7 Å². The number of benzene rings is 2. The smallest absolute Gasteiger partial charge is 0.321 e. The van der Waals surface area contributed by atoms with Crippen molar-refractivity contribution in [3.8, 4) is 0 Å². The molecule has 2 aromatic carbocycles. The van der Waals surface area contributed by atoms with Crippen LogP contribution in [-0.2, 0) is 40.8 Å². The maximum Gasteiger partial charge on any atom is 0.321 e. The predicted octanol–water partition coefficient (Wildman–Crippen LogP) is 0.435. The van der Waals surface area contributed by atoms with Crippen LogP contribution in [0.5, 0.6) is 0 Å². The molecule has 0 radical (unpaired) electrons. The highest BCUT2D eigenvalue weighted by molar-refractivity contribution is 7.92. The van der Waals surface area contributed by atoms with Crippen LogP contribution in [0.15, 0.2) is 58.8 Å². The minimum atomic E-state index is -3.86. The van der Waals surface area contributed by atoms with Gasteiger partial charge in [0.2, 0.25) is 20.0 Å². The number of nitrogens with one attached hydrogen (secondary N) is 2. The van der Waals surface area contributed by atoms with E-state index >= 15 is 0 Å². The highest BCUT2D eigenvalue weighted by Gasteiger charge is 2.12. The van der Waals surface area contributed by atoms with E-state index in [-0.39, 0.29) is 11.4 Å². The molecule has 178 valence electrons.